The fourth-order valence-electron chi connectivity index (χ4n) is 1.82. The van der Waals surface area contributed by atoms with Crippen LogP contribution in [0.25, 0.3) is 0 Å². The van der Waals surface area contributed by atoms with Crippen LogP contribution in [0.5, 0.6) is 0 Å². The van der Waals surface area contributed by atoms with E-state index in [1.165, 1.54) is 12.1 Å². The van der Waals surface area contributed by atoms with Crippen LogP contribution in [-0.2, 0) is 4.79 Å². The lowest BCUT2D eigenvalue weighted by Crippen LogP contribution is -2.26. The van der Waals surface area contributed by atoms with Gasteiger partial charge in [0.25, 0.3) is 0 Å². The van der Waals surface area contributed by atoms with Crippen molar-refractivity contribution in [2.45, 2.75) is 12.5 Å². The maximum atomic E-state index is 13.3. The molecule has 0 aliphatic carbocycles. The van der Waals surface area contributed by atoms with Crippen LogP contribution in [0, 0.1) is 15.9 Å². The molecule has 0 bridgehead atoms. The minimum Gasteiger partial charge on any atom is -0.391 e. The molecule has 1 unspecified atom stereocenters. The van der Waals surface area contributed by atoms with Crippen molar-refractivity contribution < 1.29 is 19.2 Å². The number of nitro groups is 1. The number of hydrogen-bond acceptors (Lipinski definition) is 4. The predicted molar refractivity (Wildman–Crippen MR) is 56.0 cm³/mol. The molecule has 0 aromatic heterocycles. The fourth-order valence-corrected chi connectivity index (χ4v) is 1.82. The van der Waals surface area contributed by atoms with E-state index in [-0.39, 0.29) is 18.7 Å². The molecule has 0 saturated carbocycles. The molecule has 1 aliphatic rings. The standard InChI is InChI=1S/C10H9FN2O4/c11-7-2-1-3-8(10(7)13(16)17)12-5-6(14)4-9(12)15/h1-3,6,14H,4-5H2. The molecule has 6 nitrogen and oxygen atoms in total. The van der Waals surface area contributed by atoms with Crippen LogP contribution < -0.4 is 4.90 Å². The molecule has 0 radical (unpaired) electrons. The second kappa shape index (κ2) is 4.10. The molecule has 1 saturated heterocycles. The summed E-state index contributed by atoms with van der Waals surface area (Å²) in [5.74, 6) is -1.45. The Bertz CT molecular complexity index is 491. The lowest BCUT2D eigenvalue weighted by atomic mass is 10.2. The normalized spacial score (nSPS) is 19.8. The van der Waals surface area contributed by atoms with Crippen molar-refractivity contribution in [1.29, 1.82) is 0 Å². The van der Waals surface area contributed by atoms with E-state index < -0.39 is 28.4 Å². The zero-order valence-corrected chi connectivity index (χ0v) is 8.67. The van der Waals surface area contributed by atoms with Crippen LogP contribution in [0.15, 0.2) is 18.2 Å². The maximum absolute atomic E-state index is 13.3. The van der Waals surface area contributed by atoms with Crippen LogP contribution in [-0.4, -0.2) is 28.6 Å². The number of β-amino-alcohol motifs (C(OH)–C–C–N with tert-alkyl or cyclic N) is 1. The largest absolute Gasteiger partial charge is 0.391 e. The van der Waals surface area contributed by atoms with E-state index in [0.29, 0.717) is 0 Å². The number of halogens is 1. The number of para-hydroxylation sites is 1. The second-order valence-corrected chi connectivity index (χ2v) is 3.73. The summed E-state index contributed by atoms with van der Waals surface area (Å²) < 4.78 is 13.3. The van der Waals surface area contributed by atoms with E-state index in [1.807, 2.05) is 0 Å². The lowest BCUT2D eigenvalue weighted by Gasteiger charge is -2.15. The third kappa shape index (κ3) is 1.96. The van der Waals surface area contributed by atoms with Crippen molar-refractivity contribution in [3.8, 4) is 0 Å². The first kappa shape index (κ1) is 11.5. The minimum atomic E-state index is -0.998. The van der Waals surface area contributed by atoms with Gasteiger partial charge in [-0.05, 0) is 12.1 Å². The number of nitro benzene ring substituents is 1. The summed E-state index contributed by atoms with van der Waals surface area (Å²) in [5.41, 5.74) is -0.855. The molecule has 1 fully saturated rings. The Hall–Kier alpha value is -2.02. The smallest absolute Gasteiger partial charge is 0.328 e. The van der Waals surface area contributed by atoms with Crippen molar-refractivity contribution >= 4 is 17.3 Å². The first-order chi connectivity index (χ1) is 8.00. The topological polar surface area (TPSA) is 83.7 Å². The van der Waals surface area contributed by atoms with Gasteiger partial charge < -0.3 is 10.0 Å². The van der Waals surface area contributed by atoms with Gasteiger partial charge in [0.05, 0.1) is 24.0 Å². The van der Waals surface area contributed by atoms with Gasteiger partial charge in [-0.15, -0.1) is 0 Å². The molecule has 0 spiro atoms. The van der Waals surface area contributed by atoms with Crippen molar-refractivity contribution in [2.24, 2.45) is 0 Å². The van der Waals surface area contributed by atoms with E-state index in [4.69, 9.17) is 0 Å². The maximum Gasteiger partial charge on any atom is 0.328 e. The highest BCUT2D eigenvalue weighted by molar-refractivity contribution is 5.98. The molecule has 1 aliphatic heterocycles. The SMILES string of the molecule is O=C1CC(O)CN1c1cccc(F)c1[N+](=O)[O-]. The summed E-state index contributed by atoms with van der Waals surface area (Å²) in [6.45, 7) is -0.0525. The van der Waals surface area contributed by atoms with Gasteiger partial charge in [-0.3, -0.25) is 14.9 Å². The zero-order valence-electron chi connectivity index (χ0n) is 8.67. The number of hydrogen-bond donors (Lipinski definition) is 1. The average molecular weight is 240 g/mol. The van der Waals surface area contributed by atoms with Crippen molar-refractivity contribution in [1.82, 2.24) is 0 Å². The quantitative estimate of drug-likeness (QED) is 0.613. The third-order valence-electron chi connectivity index (χ3n) is 2.54. The summed E-state index contributed by atoms with van der Waals surface area (Å²) in [7, 11) is 0. The molecule has 1 N–H and O–H groups in total. The van der Waals surface area contributed by atoms with Gasteiger partial charge in [-0.25, -0.2) is 0 Å². The highest BCUT2D eigenvalue weighted by Gasteiger charge is 2.34. The van der Waals surface area contributed by atoms with Gasteiger partial charge in [-0.1, -0.05) is 6.07 Å². The first-order valence-corrected chi connectivity index (χ1v) is 4.92. The van der Waals surface area contributed by atoms with Gasteiger partial charge >= 0.3 is 5.69 Å². The monoisotopic (exact) mass is 240 g/mol. The molecule has 2 rings (SSSR count). The predicted octanol–water partition coefficient (Wildman–Crippen LogP) is 0.832. The minimum absolute atomic E-state index is 0.0525. The van der Waals surface area contributed by atoms with Crippen LogP contribution in [0.2, 0.25) is 0 Å². The molecule has 1 atom stereocenters. The Kier molecular flexibility index (Phi) is 2.76. The summed E-state index contributed by atoms with van der Waals surface area (Å²) in [6.07, 6.45) is -0.974. The molecule has 1 aromatic carbocycles. The molecular formula is C10H9FN2O4. The van der Waals surface area contributed by atoms with Crippen LogP contribution >= 0.6 is 0 Å². The summed E-state index contributed by atoms with van der Waals surface area (Å²) in [6, 6.07) is 3.53. The molecule has 17 heavy (non-hydrogen) atoms. The molecule has 1 heterocycles. The number of carbonyl (C=O) groups excluding carboxylic acids is 1. The average Bonchev–Trinajstić information content (AvgIpc) is 2.56. The summed E-state index contributed by atoms with van der Waals surface area (Å²) in [4.78, 5) is 22.4. The van der Waals surface area contributed by atoms with Crippen LogP contribution in [0.1, 0.15) is 6.42 Å². The molecular weight excluding hydrogens is 231 g/mol. The van der Waals surface area contributed by atoms with Gasteiger partial charge in [0.15, 0.2) is 0 Å². The molecule has 1 amide bonds. The van der Waals surface area contributed by atoms with E-state index in [1.54, 1.807) is 0 Å². The third-order valence-corrected chi connectivity index (χ3v) is 2.54. The van der Waals surface area contributed by atoms with Gasteiger partial charge in [0, 0.05) is 0 Å². The molecule has 7 heteroatoms. The van der Waals surface area contributed by atoms with Crippen LogP contribution in [0.3, 0.4) is 0 Å². The lowest BCUT2D eigenvalue weighted by molar-refractivity contribution is -0.386. The Balaban J connectivity index is 2.49. The fraction of sp³-hybridized carbons (Fsp3) is 0.300. The first-order valence-electron chi connectivity index (χ1n) is 4.92. The number of aliphatic hydroxyl groups excluding tert-OH is 1. The van der Waals surface area contributed by atoms with E-state index in [2.05, 4.69) is 0 Å². The Morgan fingerprint density at radius 3 is 2.76 bits per heavy atom. The van der Waals surface area contributed by atoms with Gasteiger partial charge in [-0.2, -0.15) is 4.39 Å². The van der Waals surface area contributed by atoms with Gasteiger partial charge in [0.1, 0.15) is 5.69 Å². The van der Waals surface area contributed by atoms with Crippen molar-refractivity contribution in [2.75, 3.05) is 11.4 Å². The number of nitrogens with zero attached hydrogens (tertiary/aromatic N) is 2. The number of amides is 1. The Morgan fingerprint density at radius 2 is 2.24 bits per heavy atom. The van der Waals surface area contributed by atoms with E-state index >= 15 is 0 Å². The Morgan fingerprint density at radius 1 is 1.53 bits per heavy atom. The number of carbonyl (C=O) groups is 1. The number of rotatable bonds is 2. The highest BCUT2D eigenvalue weighted by atomic mass is 19.1. The Labute approximate surface area is 95.4 Å². The van der Waals surface area contributed by atoms with Crippen molar-refractivity contribution in [3.05, 3.63) is 34.1 Å². The number of aliphatic hydroxyl groups is 1. The second-order valence-electron chi connectivity index (χ2n) is 3.73. The number of benzene rings is 1. The van der Waals surface area contributed by atoms with Gasteiger partial charge in [0.2, 0.25) is 11.7 Å². The molecule has 1 aromatic rings. The highest BCUT2D eigenvalue weighted by Crippen LogP contribution is 2.33. The summed E-state index contributed by atoms with van der Waals surface area (Å²) in [5, 5.41) is 20.1. The summed E-state index contributed by atoms with van der Waals surface area (Å²) >= 11 is 0. The van der Waals surface area contributed by atoms with Crippen molar-refractivity contribution in [3.63, 3.8) is 0 Å². The zero-order chi connectivity index (χ0) is 12.6. The number of anilines is 1. The van der Waals surface area contributed by atoms with E-state index in [0.717, 1.165) is 11.0 Å². The van der Waals surface area contributed by atoms with Crippen LogP contribution in [0.4, 0.5) is 15.8 Å². The molecule has 90 valence electrons. The van der Waals surface area contributed by atoms with E-state index in [9.17, 15) is 24.4 Å².